The minimum Gasteiger partial charge on any atom is -0.378 e. The number of halogens is 1. The summed E-state index contributed by atoms with van der Waals surface area (Å²) >= 11 is 6.36. The minimum atomic E-state index is -1.10. The maximum absolute atomic E-state index is 11.5. The van der Waals surface area contributed by atoms with Gasteiger partial charge in [-0.05, 0) is 30.4 Å². The van der Waals surface area contributed by atoms with Crippen LogP contribution in [0.3, 0.4) is 0 Å². The van der Waals surface area contributed by atoms with Crippen molar-refractivity contribution in [3.05, 3.63) is 22.7 Å². The van der Waals surface area contributed by atoms with Gasteiger partial charge in [0.2, 0.25) is 0 Å². The number of nitrogens with one attached hydrogen (secondary N) is 1. The van der Waals surface area contributed by atoms with Crippen LogP contribution in [-0.4, -0.2) is 24.1 Å². The first-order valence-corrected chi connectivity index (χ1v) is 7.41. The number of piperidine rings is 1. The van der Waals surface area contributed by atoms with E-state index in [2.05, 4.69) is 24.1 Å². The van der Waals surface area contributed by atoms with Crippen LogP contribution in [0.2, 0.25) is 5.02 Å². The van der Waals surface area contributed by atoms with E-state index in [9.17, 15) is 9.90 Å². The first-order valence-electron chi connectivity index (χ1n) is 7.03. The normalized spacial score (nSPS) is 29.3. The molecule has 4 nitrogen and oxygen atoms in total. The predicted molar refractivity (Wildman–Crippen MR) is 80.2 cm³/mol. The molecule has 20 heavy (non-hydrogen) atoms. The second kappa shape index (κ2) is 4.93. The monoisotopic (exact) mass is 294 g/mol. The van der Waals surface area contributed by atoms with Crippen molar-refractivity contribution in [2.24, 2.45) is 11.8 Å². The SMILES string of the molecule is CC1CC(C)CN(c2cc3c(cc2Cl)C(O)C(=O)N3)C1. The molecule has 3 atom stereocenters. The summed E-state index contributed by atoms with van der Waals surface area (Å²) in [5.41, 5.74) is 2.19. The van der Waals surface area contributed by atoms with E-state index >= 15 is 0 Å². The summed E-state index contributed by atoms with van der Waals surface area (Å²) in [6.45, 7) is 6.43. The van der Waals surface area contributed by atoms with Crippen LogP contribution in [-0.2, 0) is 4.79 Å². The molecule has 5 heteroatoms. The summed E-state index contributed by atoms with van der Waals surface area (Å²) in [4.78, 5) is 13.8. The van der Waals surface area contributed by atoms with Gasteiger partial charge in [0, 0.05) is 24.3 Å². The first-order chi connectivity index (χ1) is 9.45. The molecule has 108 valence electrons. The maximum atomic E-state index is 11.5. The van der Waals surface area contributed by atoms with Crippen LogP contribution in [0.1, 0.15) is 31.9 Å². The number of rotatable bonds is 1. The lowest BCUT2D eigenvalue weighted by atomic mass is 9.91. The van der Waals surface area contributed by atoms with Gasteiger partial charge < -0.3 is 15.3 Å². The minimum absolute atomic E-state index is 0.381. The molecule has 0 saturated carbocycles. The standard InChI is InChI=1S/C15H19ClN2O2/c1-8-3-9(2)7-18(6-8)13-5-12-10(4-11(13)16)14(19)15(20)17-12/h4-5,8-9,14,19H,3,6-7H2,1-2H3,(H,17,20). The summed E-state index contributed by atoms with van der Waals surface area (Å²) in [6.07, 6.45) is 0.130. The molecule has 3 unspecified atom stereocenters. The lowest BCUT2D eigenvalue weighted by molar-refractivity contribution is -0.123. The van der Waals surface area contributed by atoms with E-state index in [1.54, 1.807) is 6.07 Å². The van der Waals surface area contributed by atoms with Crippen molar-refractivity contribution in [3.63, 3.8) is 0 Å². The molecule has 0 spiro atoms. The molecule has 0 aromatic heterocycles. The van der Waals surface area contributed by atoms with Crippen LogP contribution in [0.25, 0.3) is 0 Å². The van der Waals surface area contributed by atoms with Crippen LogP contribution in [0.4, 0.5) is 11.4 Å². The smallest absolute Gasteiger partial charge is 0.257 e. The van der Waals surface area contributed by atoms with Crippen LogP contribution in [0.5, 0.6) is 0 Å². The van der Waals surface area contributed by atoms with Gasteiger partial charge in [-0.25, -0.2) is 0 Å². The lowest BCUT2D eigenvalue weighted by Crippen LogP contribution is -2.38. The third-order valence-electron chi connectivity index (χ3n) is 4.13. The average molecular weight is 295 g/mol. The second-order valence-electron chi connectivity index (χ2n) is 6.13. The van der Waals surface area contributed by atoms with Crippen molar-refractivity contribution in [2.75, 3.05) is 23.3 Å². The topological polar surface area (TPSA) is 52.6 Å². The van der Waals surface area contributed by atoms with E-state index < -0.39 is 6.10 Å². The molecular weight excluding hydrogens is 276 g/mol. The van der Waals surface area contributed by atoms with Crippen molar-refractivity contribution in [1.29, 1.82) is 0 Å². The van der Waals surface area contributed by atoms with Gasteiger partial charge in [0.05, 0.1) is 10.7 Å². The summed E-state index contributed by atoms with van der Waals surface area (Å²) in [7, 11) is 0. The highest BCUT2D eigenvalue weighted by Crippen LogP contribution is 2.40. The Hall–Kier alpha value is -1.26. The number of hydrogen-bond acceptors (Lipinski definition) is 3. The van der Waals surface area contributed by atoms with Gasteiger partial charge >= 0.3 is 0 Å². The van der Waals surface area contributed by atoms with Gasteiger partial charge in [-0.15, -0.1) is 0 Å². The molecule has 2 aliphatic heterocycles. The van der Waals surface area contributed by atoms with E-state index in [1.165, 1.54) is 6.42 Å². The van der Waals surface area contributed by atoms with Crippen molar-refractivity contribution >= 4 is 28.9 Å². The Morgan fingerprint density at radius 1 is 1.30 bits per heavy atom. The Morgan fingerprint density at radius 2 is 1.95 bits per heavy atom. The Bertz CT molecular complexity index is 551. The quantitative estimate of drug-likeness (QED) is 0.837. The molecule has 2 N–H and O–H groups in total. The van der Waals surface area contributed by atoms with Crippen LogP contribution in [0, 0.1) is 11.8 Å². The van der Waals surface area contributed by atoms with Crippen LogP contribution >= 0.6 is 11.6 Å². The van der Waals surface area contributed by atoms with E-state index in [0.29, 0.717) is 28.1 Å². The lowest BCUT2D eigenvalue weighted by Gasteiger charge is -2.37. The predicted octanol–water partition coefficient (Wildman–Crippen LogP) is 2.81. The number of hydrogen-bond donors (Lipinski definition) is 2. The number of aliphatic hydroxyl groups is 1. The molecule has 1 aromatic rings. The van der Waals surface area contributed by atoms with E-state index in [4.69, 9.17) is 11.6 Å². The highest BCUT2D eigenvalue weighted by atomic mass is 35.5. The van der Waals surface area contributed by atoms with Crippen molar-refractivity contribution in [3.8, 4) is 0 Å². The molecule has 3 rings (SSSR count). The van der Waals surface area contributed by atoms with Crippen LogP contribution < -0.4 is 10.2 Å². The number of nitrogens with zero attached hydrogens (tertiary/aromatic N) is 1. The molecule has 2 aliphatic rings. The summed E-state index contributed by atoms with van der Waals surface area (Å²) in [5, 5.41) is 13.1. The highest BCUT2D eigenvalue weighted by molar-refractivity contribution is 6.33. The van der Waals surface area contributed by atoms with Crippen LogP contribution in [0.15, 0.2) is 12.1 Å². The number of benzene rings is 1. The number of amides is 1. The van der Waals surface area contributed by atoms with E-state index in [0.717, 1.165) is 18.8 Å². The average Bonchev–Trinajstić information content (AvgIpc) is 2.63. The zero-order chi connectivity index (χ0) is 14.4. The molecule has 1 saturated heterocycles. The zero-order valence-electron chi connectivity index (χ0n) is 11.7. The third kappa shape index (κ3) is 2.27. The van der Waals surface area contributed by atoms with Crippen molar-refractivity contribution in [2.45, 2.75) is 26.4 Å². The highest BCUT2D eigenvalue weighted by Gasteiger charge is 2.31. The third-order valence-corrected chi connectivity index (χ3v) is 4.43. The Labute approximate surface area is 123 Å². The van der Waals surface area contributed by atoms with E-state index in [-0.39, 0.29) is 5.91 Å². The first kappa shape index (κ1) is 13.7. The van der Waals surface area contributed by atoms with Gasteiger partial charge in [-0.1, -0.05) is 25.4 Å². The Kier molecular flexibility index (Phi) is 3.38. The fraction of sp³-hybridized carbons (Fsp3) is 0.533. The van der Waals surface area contributed by atoms with Gasteiger partial charge in [0.25, 0.3) is 5.91 Å². The molecule has 0 bridgehead atoms. The second-order valence-corrected chi connectivity index (χ2v) is 6.54. The number of carbonyl (C=O) groups excluding carboxylic acids is 1. The Morgan fingerprint density at radius 3 is 2.60 bits per heavy atom. The van der Waals surface area contributed by atoms with Gasteiger partial charge in [-0.3, -0.25) is 4.79 Å². The molecule has 1 aromatic carbocycles. The molecule has 0 aliphatic carbocycles. The van der Waals surface area contributed by atoms with Gasteiger partial charge in [-0.2, -0.15) is 0 Å². The summed E-state index contributed by atoms with van der Waals surface area (Å²) in [6, 6.07) is 3.59. The fourth-order valence-corrected chi connectivity index (χ4v) is 3.65. The van der Waals surface area contributed by atoms with E-state index in [1.807, 2.05) is 6.07 Å². The van der Waals surface area contributed by atoms with Crippen molar-refractivity contribution < 1.29 is 9.90 Å². The van der Waals surface area contributed by atoms with Gasteiger partial charge in [0.1, 0.15) is 0 Å². The summed E-state index contributed by atoms with van der Waals surface area (Å²) < 4.78 is 0. The fourth-order valence-electron chi connectivity index (χ4n) is 3.36. The molecule has 1 fully saturated rings. The number of carbonyl (C=O) groups is 1. The molecular formula is C15H19ClN2O2. The summed E-state index contributed by atoms with van der Waals surface area (Å²) in [5.74, 6) is 0.875. The number of fused-ring (bicyclic) bond motifs is 1. The zero-order valence-corrected chi connectivity index (χ0v) is 12.4. The van der Waals surface area contributed by atoms with Crippen molar-refractivity contribution in [1.82, 2.24) is 0 Å². The molecule has 1 amide bonds. The maximum Gasteiger partial charge on any atom is 0.257 e. The largest absolute Gasteiger partial charge is 0.378 e. The molecule has 0 radical (unpaired) electrons. The Balaban J connectivity index is 1.95. The molecule has 2 heterocycles. The van der Waals surface area contributed by atoms with Gasteiger partial charge in [0.15, 0.2) is 6.10 Å². The number of aliphatic hydroxyl groups excluding tert-OH is 1. The number of anilines is 2.